The molecule has 5 nitrogen and oxygen atoms in total. The largest absolute Gasteiger partial charge is 0.457 e. The summed E-state index contributed by atoms with van der Waals surface area (Å²) < 4.78 is 18.1. The van der Waals surface area contributed by atoms with Crippen molar-refractivity contribution in [2.24, 2.45) is 5.92 Å². The van der Waals surface area contributed by atoms with Gasteiger partial charge in [-0.3, -0.25) is 14.4 Å². The lowest BCUT2D eigenvalue weighted by atomic mass is 10.1. The van der Waals surface area contributed by atoms with E-state index in [-0.39, 0.29) is 36.0 Å². The van der Waals surface area contributed by atoms with E-state index < -0.39 is 5.97 Å². The fourth-order valence-electron chi connectivity index (χ4n) is 2.85. The van der Waals surface area contributed by atoms with E-state index in [9.17, 15) is 18.8 Å². The van der Waals surface area contributed by atoms with Crippen LogP contribution in [0.3, 0.4) is 0 Å². The lowest BCUT2D eigenvalue weighted by Crippen LogP contribution is -2.16. The van der Waals surface area contributed by atoms with Crippen LogP contribution in [0.25, 0.3) is 0 Å². The zero-order chi connectivity index (χ0) is 19.4. The number of Topliss-reactive ketones (excluding diaryl/α,β-unsaturated/α-hetero) is 1. The lowest BCUT2D eigenvalue weighted by Gasteiger charge is -2.06. The van der Waals surface area contributed by atoms with Crippen LogP contribution in [0.4, 0.5) is 10.1 Å². The third-order valence-electron chi connectivity index (χ3n) is 4.55. The highest BCUT2D eigenvalue weighted by atomic mass is 19.1. The van der Waals surface area contributed by atoms with Crippen LogP contribution >= 0.6 is 0 Å². The van der Waals surface area contributed by atoms with Crippen molar-refractivity contribution in [2.75, 3.05) is 11.9 Å². The Morgan fingerprint density at radius 2 is 1.74 bits per heavy atom. The second kappa shape index (κ2) is 8.12. The molecule has 6 heteroatoms. The van der Waals surface area contributed by atoms with Crippen molar-refractivity contribution in [1.29, 1.82) is 0 Å². The maximum absolute atomic E-state index is 13.0. The van der Waals surface area contributed by atoms with E-state index in [1.165, 1.54) is 12.1 Å². The van der Waals surface area contributed by atoms with Crippen molar-refractivity contribution in [1.82, 2.24) is 0 Å². The van der Waals surface area contributed by atoms with Crippen LogP contribution in [0.5, 0.6) is 0 Å². The Bertz CT molecular complexity index is 845. The van der Waals surface area contributed by atoms with Gasteiger partial charge in [0.2, 0.25) is 5.91 Å². The SMILES string of the molecule is CCC(=O)Nc1ccc(C(=O)COC(=O)C2CC2c2ccc(F)cc2)cc1. The second-order valence-corrected chi connectivity index (χ2v) is 6.51. The van der Waals surface area contributed by atoms with Gasteiger partial charge in [0.05, 0.1) is 5.92 Å². The van der Waals surface area contributed by atoms with Crippen LogP contribution in [0.1, 0.15) is 41.6 Å². The Labute approximate surface area is 156 Å². The zero-order valence-electron chi connectivity index (χ0n) is 14.9. The summed E-state index contributed by atoms with van der Waals surface area (Å²) >= 11 is 0. The molecule has 1 aliphatic carbocycles. The average molecular weight is 369 g/mol. The van der Waals surface area contributed by atoms with Crippen LogP contribution in [0.2, 0.25) is 0 Å². The number of carbonyl (C=O) groups excluding carboxylic acids is 3. The van der Waals surface area contributed by atoms with E-state index in [1.54, 1.807) is 43.3 Å². The number of halogens is 1. The van der Waals surface area contributed by atoms with Gasteiger partial charge in [0.15, 0.2) is 12.4 Å². The van der Waals surface area contributed by atoms with Crippen molar-refractivity contribution < 1.29 is 23.5 Å². The standard InChI is InChI=1S/C21H20FNO4/c1-2-20(25)23-16-9-5-14(6-10-16)19(24)12-27-21(26)18-11-17(18)13-3-7-15(22)8-4-13/h3-10,17-18H,2,11-12H2,1H3,(H,23,25). The van der Waals surface area contributed by atoms with E-state index in [0.29, 0.717) is 24.1 Å². The van der Waals surface area contributed by atoms with Gasteiger partial charge in [0.25, 0.3) is 0 Å². The minimum atomic E-state index is -0.412. The van der Waals surface area contributed by atoms with Gasteiger partial charge >= 0.3 is 5.97 Å². The number of ether oxygens (including phenoxy) is 1. The van der Waals surface area contributed by atoms with E-state index in [0.717, 1.165) is 5.56 Å². The third kappa shape index (κ3) is 4.78. The van der Waals surface area contributed by atoms with Gasteiger partial charge in [0, 0.05) is 17.7 Å². The summed E-state index contributed by atoms with van der Waals surface area (Å²) in [5, 5.41) is 2.70. The van der Waals surface area contributed by atoms with E-state index in [2.05, 4.69) is 5.32 Å². The minimum absolute atomic E-state index is 0.0228. The first-order chi connectivity index (χ1) is 13.0. The fourth-order valence-corrected chi connectivity index (χ4v) is 2.85. The Hall–Kier alpha value is -3.02. The predicted molar refractivity (Wildman–Crippen MR) is 97.9 cm³/mol. The van der Waals surface area contributed by atoms with Gasteiger partial charge in [0.1, 0.15) is 5.82 Å². The predicted octanol–water partition coefficient (Wildman–Crippen LogP) is 3.70. The summed E-state index contributed by atoms with van der Waals surface area (Å²) in [4.78, 5) is 35.6. The van der Waals surface area contributed by atoms with Crippen LogP contribution < -0.4 is 5.32 Å². The van der Waals surface area contributed by atoms with Gasteiger partial charge in [-0.2, -0.15) is 0 Å². The van der Waals surface area contributed by atoms with Crippen molar-refractivity contribution in [2.45, 2.75) is 25.7 Å². The average Bonchev–Trinajstić information content (AvgIpc) is 3.48. The monoisotopic (exact) mass is 369 g/mol. The van der Waals surface area contributed by atoms with Crippen molar-refractivity contribution in [3.63, 3.8) is 0 Å². The number of amides is 1. The first kappa shape index (κ1) is 18.8. The molecule has 1 amide bonds. The van der Waals surface area contributed by atoms with Crippen LogP contribution in [0.15, 0.2) is 48.5 Å². The summed E-state index contributed by atoms with van der Waals surface area (Å²) in [5.41, 5.74) is 1.91. The Morgan fingerprint density at radius 1 is 1.07 bits per heavy atom. The number of anilines is 1. The smallest absolute Gasteiger partial charge is 0.310 e. The highest BCUT2D eigenvalue weighted by molar-refractivity contribution is 5.99. The lowest BCUT2D eigenvalue weighted by molar-refractivity contribution is -0.144. The molecule has 2 aromatic rings. The van der Waals surface area contributed by atoms with Crippen molar-refractivity contribution in [3.8, 4) is 0 Å². The molecular formula is C21H20FNO4. The van der Waals surface area contributed by atoms with Gasteiger partial charge in [-0.1, -0.05) is 19.1 Å². The van der Waals surface area contributed by atoms with Gasteiger partial charge < -0.3 is 10.1 Å². The second-order valence-electron chi connectivity index (χ2n) is 6.51. The molecule has 1 N–H and O–H groups in total. The Balaban J connectivity index is 1.48. The van der Waals surface area contributed by atoms with Crippen LogP contribution in [-0.4, -0.2) is 24.3 Å². The van der Waals surface area contributed by atoms with Gasteiger partial charge in [-0.05, 0) is 54.3 Å². The normalized spacial score (nSPS) is 17.9. The topological polar surface area (TPSA) is 72.5 Å². The maximum Gasteiger partial charge on any atom is 0.310 e. The molecule has 1 saturated carbocycles. The highest BCUT2D eigenvalue weighted by Crippen LogP contribution is 2.48. The molecule has 0 radical (unpaired) electrons. The molecule has 0 heterocycles. The summed E-state index contributed by atoms with van der Waals surface area (Å²) in [7, 11) is 0. The molecule has 1 fully saturated rings. The number of ketones is 1. The molecule has 3 rings (SSSR count). The minimum Gasteiger partial charge on any atom is -0.457 e. The van der Waals surface area contributed by atoms with E-state index in [4.69, 9.17) is 4.74 Å². The number of hydrogen-bond acceptors (Lipinski definition) is 4. The molecule has 0 bridgehead atoms. The molecule has 140 valence electrons. The number of nitrogens with one attached hydrogen (secondary N) is 1. The summed E-state index contributed by atoms with van der Waals surface area (Å²) in [5.74, 6) is -1.41. The number of benzene rings is 2. The molecule has 0 spiro atoms. The highest BCUT2D eigenvalue weighted by Gasteiger charge is 2.45. The number of hydrogen-bond donors (Lipinski definition) is 1. The first-order valence-corrected chi connectivity index (χ1v) is 8.83. The zero-order valence-corrected chi connectivity index (χ0v) is 14.9. The molecule has 0 saturated heterocycles. The van der Waals surface area contributed by atoms with Gasteiger partial charge in [-0.25, -0.2) is 4.39 Å². The number of esters is 1. The van der Waals surface area contributed by atoms with Gasteiger partial charge in [-0.15, -0.1) is 0 Å². The number of carbonyl (C=O) groups is 3. The fraction of sp³-hybridized carbons (Fsp3) is 0.286. The Kier molecular flexibility index (Phi) is 5.64. The summed E-state index contributed by atoms with van der Waals surface area (Å²) in [6, 6.07) is 12.5. The number of rotatable bonds is 7. The maximum atomic E-state index is 13.0. The van der Waals surface area contributed by atoms with Crippen molar-refractivity contribution in [3.05, 3.63) is 65.5 Å². The van der Waals surface area contributed by atoms with Crippen LogP contribution in [0, 0.1) is 11.7 Å². The first-order valence-electron chi connectivity index (χ1n) is 8.83. The Morgan fingerprint density at radius 3 is 2.37 bits per heavy atom. The quantitative estimate of drug-likeness (QED) is 0.597. The molecule has 0 aromatic heterocycles. The molecule has 2 unspecified atom stereocenters. The summed E-state index contributed by atoms with van der Waals surface area (Å²) in [6.45, 7) is 1.42. The molecule has 2 aromatic carbocycles. The summed E-state index contributed by atoms with van der Waals surface area (Å²) in [6.07, 6.45) is 1.02. The third-order valence-corrected chi connectivity index (χ3v) is 4.55. The molecule has 1 aliphatic rings. The van der Waals surface area contributed by atoms with Crippen LogP contribution in [-0.2, 0) is 14.3 Å². The van der Waals surface area contributed by atoms with E-state index in [1.807, 2.05) is 0 Å². The molecule has 27 heavy (non-hydrogen) atoms. The van der Waals surface area contributed by atoms with E-state index >= 15 is 0 Å². The van der Waals surface area contributed by atoms with Crippen molar-refractivity contribution >= 4 is 23.3 Å². The molecule has 2 atom stereocenters. The molecule has 0 aliphatic heterocycles. The molecular weight excluding hydrogens is 349 g/mol.